The number of carbonyl (C=O) groups excluding carboxylic acids is 1. The number of anilines is 2. The predicted octanol–water partition coefficient (Wildman–Crippen LogP) is 3.44. The molecule has 100 valence electrons. The van der Waals surface area contributed by atoms with E-state index < -0.39 is 0 Å². The number of fused-ring (bicyclic) bond motifs is 1. The molecule has 0 radical (unpaired) electrons. The van der Waals surface area contributed by atoms with Crippen LogP contribution in [0.1, 0.15) is 15.4 Å². The lowest BCUT2D eigenvalue weighted by atomic mass is 10.2. The number of thiophene rings is 1. The van der Waals surface area contributed by atoms with Crippen LogP contribution in [-0.2, 0) is 0 Å². The van der Waals surface area contributed by atoms with Gasteiger partial charge in [-0.25, -0.2) is 0 Å². The largest absolute Gasteiger partial charge is 0.399 e. The molecule has 2 heterocycles. The van der Waals surface area contributed by atoms with Gasteiger partial charge in [-0.3, -0.25) is 9.78 Å². The summed E-state index contributed by atoms with van der Waals surface area (Å²) in [5.74, 6) is -0.129. The van der Waals surface area contributed by atoms with Crippen LogP contribution in [0.25, 0.3) is 10.1 Å². The number of aryl methyl sites for hydroxylation is 1. The third kappa shape index (κ3) is 2.48. The molecule has 1 amide bonds. The molecular weight excluding hydrogens is 270 g/mol. The van der Waals surface area contributed by atoms with Gasteiger partial charge in [-0.1, -0.05) is 0 Å². The van der Waals surface area contributed by atoms with E-state index in [0.29, 0.717) is 16.3 Å². The number of nitrogen functional groups attached to an aromatic ring is 1. The number of nitrogens with zero attached hydrogens (tertiary/aromatic N) is 1. The van der Waals surface area contributed by atoms with E-state index >= 15 is 0 Å². The summed E-state index contributed by atoms with van der Waals surface area (Å²) in [6, 6.07) is 11.2. The number of hydrogen-bond donors (Lipinski definition) is 2. The lowest BCUT2D eigenvalue weighted by Crippen LogP contribution is -2.10. The smallest absolute Gasteiger partial charge is 0.265 e. The maximum absolute atomic E-state index is 12.2. The zero-order chi connectivity index (χ0) is 14.1. The molecule has 20 heavy (non-hydrogen) atoms. The number of benzene rings is 1. The minimum atomic E-state index is -0.129. The zero-order valence-electron chi connectivity index (χ0n) is 10.9. The average Bonchev–Trinajstić information content (AvgIpc) is 2.84. The molecule has 3 rings (SSSR count). The van der Waals surface area contributed by atoms with Crippen molar-refractivity contribution in [3.63, 3.8) is 0 Å². The lowest BCUT2D eigenvalue weighted by Gasteiger charge is -2.02. The second-order valence-corrected chi connectivity index (χ2v) is 5.63. The topological polar surface area (TPSA) is 68.0 Å². The fraction of sp³-hybridized carbons (Fsp3) is 0.0667. The highest BCUT2D eigenvalue weighted by Gasteiger charge is 2.10. The zero-order valence-corrected chi connectivity index (χ0v) is 11.7. The molecule has 0 bridgehead atoms. The molecule has 0 aliphatic heterocycles. The summed E-state index contributed by atoms with van der Waals surface area (Å²) in [6.45, 7) is 1.90. The Kier molecular flexibility index (Phi) is 3.12. The fourth-order valence-electron chi connectivity index (χ4n) is 1.91. The summed E-state index contributed by atoms with van der Waals surface area (Å²) in [6.07, 6.45) is 1.65. The third-order valence-electron chi connectivity index (χ3n) is 2.93. The number of rotatable bonds is 2. The predicted molar refractivity (Wildman–Crippen MR) is 83.2 cm³/mol. The van der Waals surface area contributed by atoms with Crippen molar-refractivity contribution in [2.75, 3.05) is 11.1 Å². The van der Waals surface area contributed by atoms with Gasteiger partial charge >= 0.3 is 0 Å². The summed E-state index contributed by atoms with van der Waals surface area (Å²) in [5, 5.41) is 3.83. The van der Waals surface area contributed by atoms with E-state index in [2.05, 4.69) is 10.3 Å². The van der Waals surface area contributed by atoms with Crippen molar-refractivity contribution < 1.29 is 4.79 Å². The molecular formula is C15H13N3OS. The normalized spacial score (nSPS) is 10.7. The molecule has 0 aliphatic carbocycles. The average molecular weight is 283 g/mol. The van der Waals surface area contributed by atoms with Gasteiger partial charge in [0.25, 0.3) is 5.91 Å². The van der Waals surface area contributed by atoms with Crippen molar-refractivity contribution in [3.8, 4) is 0 Å². The molecule has 3 N–H and O–H groups in total. The fourth-order valence-corrected chi connectivity index (χ4v) is 2.85. The highest BCUT2D eigenvalue weighted by molar-refractivity contribution is 7.20. The van der Waals surface area contributed by atoms with E-state index in [1.54, 1.807) is 6.20 Å². The van der Waals surface area contributed by atoms with Crippen LogP contribution in [-0.4, -0.2) is 10.9 Å². The van der Waals surface area contributed by atoms with Crippen LogP contribution in [0.15, 0.2) is 42.6 Å². The van der Waals surface area contributed by atoms with E-state index in [4.69, 9.17) is 5.73 Å². The third-order valence-corrected chi connectivity index (χ3v) is 4.05. The van der Waals surface area contributed by atoms with Crippen LogP contribution in [0.3, 0.4) is 0 Å². The Morgan fingerprint density at radius 1 is 1.25 bits per heavy atom. The maximum atomic E-state index is 12.2. The van der Waals surface area contributed by atoms with E-state index in [1.807, 2.05) is 43.3 Å². The number of aromatic nitrogens is 1. The van der Waals surface area contributed by atoms with Crippen LogP contribution in [0.2, 0.25) is 0 Å². The quantitative estimate of drug-likeness (QED) is 0.708. The Labute approximate surface area is 120 Å². The highest BCUT2D eigenvalue weighted by atomic mass is 32.1. The van der Waals surface area contributed by atoms with Gasteiger partial charge in [0.2, 0.25) is 0 Å². The van der Waals surface area contributed by atoms with Gasteiger partial charge in [-0.15, -0.1) is 11.3 Å². The van der Waals surface area contributed by atoms with Crippen LogP contribution >= 0.6 is 11.3 Å². The van der Waals surface area contributed by atoms with Crippen molar-refractivity contribution in [3.05, 3.63) is 53.2 Å². The van der Waals surface area contributed by atoms with E-state index in [9.17, 15) is 4.79 Å². The van der Waals surface area contributed by atoms with Crippen molar-refractivity contribution in [1.82, 2.24) is 4.98 Å². The molecule has 0 saturated heterocycles. The van der Waals surface area contributed by atoms with Gasteiger partial charge in [0.05, 0.1) is 16.8 Å². The molecule has 3 aromatic rings. The lowest BCUT2D eigenvalue weighted by molar-refractivity contribution is 0.103. The van der Waals surface area contributed by atoms with Gasteiger partial charge in [-0.2, -0.15) is 0 Å². The Morgan fingerprint density at radius 3 is 2.85 bits per heavy atom. The van der Waals surface area contributed by atoms with Crippen LogP contribution in [0, 0.1) is 6.92 Å². The molecule has 1 aromatic carbocycles. The number of nitrogens with two attached hydrogens (primary N) is 1. The summed E-state index contributed by atoms with van der Waals surface area (Å²) in [5.41, 5.74) is 8.05. The number of amides is 1. The summed E-state index contributed by atoms with van der Waals surface area (Å²) in [7, 11) is 0. The molecule has 0 unspecified atom stereocenters. The first-order chi connectivity index (χ1) is 9.61. The van der Waals surface area contributed by atoms with Gasteiger partial charge in [0, 0.05) is 16.1 Å². The van der Waals surface area contributed by atoms with Crippen molar-refractivity contribution in [2.24, 2.45) is 0 Å². The Bertz CT molecular complexity index is 777. The van der Waals surface area contributed by atoms with Gasteiger partial charge < -0.3 is 11.1 Å². The van der Waals surface area contributed by atoms with Gasteiger partial charge in [-0.05, 0) is 48.7 Å². The number of nitrogens with one attached hydrogen (secondary N) is 1. The first kappa shape index (κ1) is 12.6. The number of hydrogen-bond acceptors (Lipinski definition) is 4. The highest BCUT2D eigenvalue weighted by Crippen LogP contribution is 2.27. The van der Waals surface area contributed by atoms with Crippen molar-refractivity contribution >= 4 is 38.7 Å². The molecule has 0 fully saturated rings. The first-order valence-electron chi connectivity index (χ1n) is 6.15. The molecule has 0 aliphatic rings. The molecule has 5 heteroatoms. The Balaban J connectivity index is 1.86. The maximum Gasteiger partial charge on any atom is 0.265 e. The van der Waals surface area contributed by atoms with Crippen LogP contribution in [0.4, 0.5) is 11.4 Å². The Morgan fingerprint density at radius 2 is 2.10 bits per heavy atom. The molecule has 0 saturated carbocycles. The summed E-state index contributed by atoms with van der Waals surface area (Å²) in [4.78, 5) is 17.0. The van der Waals surface area contributed by atoms with E-state index in [0.717, 1.165) is 15.8 Å². The minimum absolute atomic E-state index is 0.129. The van der Waals surface area contributed by atoms with Gasteiger partial charge in [0.15, 0.2) is 0 Å². The van der Waals surface area contributed by atoms with Crippen molar-refractivity contribution in [1.29, 1.82) is 0 Å². The van der Waals surface area contributed by atoms with E-state index in [1.165, 1.54) is 11.3 Å². The molecule has 2 aromatic heterocycles. The van der Waals surface area contributed by atoms with Crippen LogP contribution < -0.4 is 11.1 Å². The SMILES string of the molecule is Cc1ccc(NC(=O)c2cc3cc(N)ccc3s2)cn1. The molecule has 0 spiro atoms. The second kappa shape index (κ2) is 4.94. The second-order valence-electron chi connectivity index (χ2n) is 4.55. The molecule has 4 nitrogen and oxygen atoms in total. The van der Waals surface area contributed by atoms with Gasteiger partial charge in [0.1, 0.15) is 0 Å². The number of carbonyl (C=O) groups is 1. The summed E-state index contributed by atoms with van der Waals surface area (Å²) >= 11 is 1.45. The molecule has 0 atom stereocenters. The minimum Gasteiger partial charge on any atom is -0.399 e. The van der Waals surface area contributed by atoms with E-state index in [-0.39, 0.29) is 5.91 Å². The van der Waals surface area contributed by atoms with Crippen LogP contribution in [0.5, 0.6) is 0 Å². The standard InChI is InChI=1S/C15H13N3OS/c1-9-2-4-12(8-17-9)18-15(19)14-7-10-6-11(16)3-5-13(10)20-14/h2-8H,16H2,1H3,(H,18,19). The first-order valence-corrected chi connectivity index (χ1v) is 6.96. The summed E-state index contributed by atoms with van der Waals surface area (Å²) < 4.78 is 1.05. The number of pyridine rings is 1. The Hall–Kier alpha value is -2.40. The van der Waals surface area contributed by atoms with Crippen molar-refractivity contribution in [2.45, 2.75) is 6.92 Å². The monoisotopic (exact) mass is 283 g/mol.